The first-order valence-corrected chi connectivity index (χ1v) is 10.1. The van der Waals surface area contributed by atoms with Crippen molar-refractivity contribution < 1.29 is 13.2 Å². The number of ether oxygens (including phenoxy) is 1. The van der Waals surface area contributed by atoms with E-state index in [0.717, 1.165) is 17.8 Å². The second-order valence-corrected chi connectivity index (χ2v) is 10.5. The number of aryl methyl sites for hydroxylation is 1. The molecule has 0 N–H and O–H groups in total. The average molecular weight is 378 g/mol. The summed E-state index contributed by atoms with van der Waals surface area (Å²) in [5.74, 6) is 0. The molecule has 1 aliphatic heterocycles. The second kappa shape index (κ2) is 6.35. The molecule has 3 rings (SSSR count). The topological polar surface area (TPSA) is 77.3 Å². The maximum Gasteiger partial charge on any atom is 0.200 e. The van der Waals surface area contributed by atoms with Gasteiger partial charge in [0.05, 0.1) is 36.0 Å². The SMILES string of the molecule is Cn1cc(C2(C)CN(c3ccc(S(=O)(=O)C(C)(C)C)nc3)CCO2)cn1. The Morgan fingerprint density at radius 3 is 2.50 bits per heavy atom. The fourth-order valence-electron chi connectivity index (χ4n) is 2.99. The highest BCUT2D eigenvalue weighted by Gasteiger charge is 2.36. The molecule has 0 bridgehead atoms. The van der Waals surface area contributed by atoms with E-state index in [-0.39, 0.29) is 5.03 Å². The third kappa shape index (κ3) is 3.35. The molecule has 1 aliphatic rings. The first-order chi connectivity index (χ1) is 12.0. The van der Waals surface area contributed by atoms with Crippen LogP contribution in [-0.4, -0.2) is 47.6 Å². The number of aromatic nitrogens is 3. The molecule has 1 saturated heterocycles. The van der Waals surface area contributed by atoms with Crippen molar-refractivity contribution in [1.82, 2.24) is 14.8 Å². The van der Waals surface area contributed by atoms with Crippen molar-refractivity contribution in [2.24, 2.45) is 7.05 Å². The van der Waals surface area contributed by atoms with Crippen molar-refractivity contribution in [2.45, 2.75) is 43.1 Å². The maximum absolute atomic E-state index is 12.5. The van der Waals surface area contributed by atoms with Gasteiger partial charge in [-0.25, -0.2) is 13.4 Å². The highest BCUT2D eigenvalue weighted by Crippen LogP contribution is 2.32. The molecule has 2 aromatic heterocycles. The number of morpholine rings is 1. The van der Waals surface area contributed by atoms with Crippen molar-refractivity contribution >= 4 is 15.5 Å². The molecule has 8 heteroatoms. The standard InChI is InChI=1S/C18H26N4O3S/c1-17(2,3)26(23,24)16-7-6-15(11-19-16)22-8-9-25-18(4,13-22)14-10-20-21(5)12-14/h6-7,10-12H,8-9,13H2,1-5H3. The summed E-state index contributed by atoms with van der Waals surface area (Å²) in [6.45, 7) is 9.03. The molecule has 1 atom stereocenters. The Hall–Kier alpha value is -1.93. The molecule has 2 aromatic rings. The van der Waals surface area contributed by atoms with E-state index in [0.29, 0.717) is 13.2 Å². The summed E-state index contributed by atoms with van der Waals surface area (Å²) in [7, 11) is -1.57. The van der Waals surface area contributed by atoms with Crippen LogP contribution in [0.15, 0.2) is 35.7 Å². The lowest BCUT2D eigenvalue weighted by Gasteiger charge is -2.41. The van der Waals surface area contributed by atoms with Crippen LogP contribution in [0, 0.1) is 0 Å². The first-order valence-electron chi connectivity index (χ1n) is 8.62. The summed E-state index contributed by atoms with van der Waals surface area (Å²) in [5, 5.41) is 4.34. The van der Waals surface area contributed by atoms with Crippen LogP contribution in [0.4, 0.5) is 5.69 Å². The minimum absolute atomic E-state index is 0.108. The Balaban J connectivity index is 1.84. The number of pyridine rings is 1. The summed E-state index contributed by atoms with van der Waals surface area (Å²) in [4.78, 5) is 6.39. The summed E-state index contributed by atoms with van der Waals surface area (Å²) < 4.78 is 32.0. The van der Waals surface area contributed by atoms with Gasteiger partial charge in [0.1, 0.15) is 5.60 Å². The van der Waals surface area contributed by atoms with Crippen molar-refractivity contribution in [2.75, 3.05) is 24.6 Å². The highest BCUT2D eigenvalue weighted by atomic mass is 32.2. The summed E-state index contributed by atoms with van der Waals surface area (Å²) in [6.07, 6.45) is 5.41. The van der Waals surface area contributed by atoms with Crippen LogP contribution >= 0.6 is 0 Å². The van der Waals surface area contributed by atoms with Crippen LogP contribution in [0.25, 0.3) is 0 Å². The maximum atomic E-state index is 12.5. The van der Waals surface area contributed by atoms with Gasteiger partial charge in [-0.2, -0.15) is 5.10 Å². The first kappa shape index (κ1) is 18.8. The van der Waals surface area contributed by atoms with Gasteiger partial charge in [0.15, 0.2) is 14.9 Å². The van der Waals surface area contributed by atoms with Gasteiger partial charge in [-0.1, -0.05) is 0 Å². The molecule has 142 valence electrons. The molecule has 0 aliphatic carbocycles. The molecule has 1 unspecified atom stereocenters. The zero-order valence-corrected chi connectivity index (χ0v) is 16.7. The van der Waals surface area contributed by atoms with Crippen molar-refractivity contribution in [3.63, 3.8) is 0 Å². The molecular formula is C18H26N4O3S. The van der Waals surface area contributed by atoms with Crippen LogP contribution in [-0.2, 0) is 27.2 Å². The van der Waals surface area contributed by atoms with E-state index >= 15 is 0 Å². The third-order valence-electron chi connectivity index (χ3n) is 4.76. The Labute approximate surface area is 154 Å². The molecule has 0 radical (unpaired) electrons. The predicted octanol–water partition coefficient (Wildman–Crippen LogP) is 2.14. The second-order valence-electron chi connectivity index (χ2n) is 7.87. The van der Waals surface area contributed by atoms with Crippen molar-refractivity contribution in [3.8, 4) is 0 Å². The molecule has 26 heavy (non-hydrogen) atoms. The quantitative estimate of drug-likeness (QED) is 0.814. The number of hydrogen-bond donors (Lipinski definition) is 0. The van der Waals surface area contributed by atoms with Crippen LogP contribution in [0.1, 0.15) is 33.3 Å². The zero-order chi connectivity index (χ0) is 19.2. The molecule has 1 fully saturated rings. The van der Waals surface area contributed by atoms with Crippen LogP contribution in [0.2, 0.25) is 0 Å². The Morgan fingerprint density at radius 2 is 1.96 bits per heavy atom. The molecule has 0 spiro atoms. The van der Waals surface area contributed by atoms with Crippen LogP contribution in [0.3, 0.4) is 0 Å². The van der Waals surface area contributed by atoms with Gasteiger partial charge in [0.2, 0.25) is 0 Å². The molecule has 0 aromatic carbocycles. The lowest BCUT2D eigenvalue weighted by Crippen LogP contribution is -2.48. The van der Waals surface area contributed by atoms with E-state index in [1.807, 2.05) is 32.4 Å². The van der Waals surface area contributed by atoms with Gasteiger partial charge in [-0.3, -0.25) is 4.68 Å². The molecule has 3 heterocycles. The lowest BCUT2D eigenvalue weighted by atomic mass is 9.97. The van der Waals surface area contributed by atoms with E-state index < -0.39 is 20.2 Å². The minimum Gasteiger partial charge on any atom is -0.367 e. The van der Waals surface area contributed by atoms with Gasteiger partial charge in [0, 0.05) is 25.4 Å². The van der Waals surface area contributed by atoms with E-state index in [4.69, 9.17) is 4.74 Å². The lowest BCUT2D eigenvalue weighted by molar-refractivity contribution is -0.0466. The van der Waals surface area contributed by atoms with Crippen LogP contribution in [0.5, 0.6) is 0 Å². The number of nitrogens with zero attached hydrogens (tertiary/aromatic N) is 4. The number of anilines is 1. The number of sulfone groups is 1. The summed E-state index contributed by atoms with van der Waals surface area (Å²) in [6, 6.07) is 3.41. The van der Waals surface area contributed by atoms with Gasteiger partial charge in [-0.05, 0) is 39.8 Å². The molecule has 0 saturated carbocycles. The normalized spacial score (nSPS) is 21.8. The van der Waals surface area contributed by atoms with Gasteiger partial charge in [0.25, 0.3) is 0 Å². The zero-order valence-electron chi connectivity index (χ0n) is 15.9. The van der Waals surface area contributed by atoms with Crippen molar-refractivity contribution in [1.29, 1.82) is 0 Å². The van der Waals surface area contributed by atoms with Gasteiger partial charge in [-0.15, -0.1) is 0 Å². The Morgan fingerprint density at radius 1 is 1.23 bits per heavy atom. The van der Waals surface area contributed by atoms with E-state index in [9.17, 15) is 8.42 Å². The van der Waals surface area contributed by atoms with E-state index in [1.54, 1.807) is 37.7 Å². The smallest absolute Gasteiger partial charge is 0.200 e. The Bertz CT molecular complexity index is 884. The predicted molar refractivity (Wildman–Crippen MR) is 99.9 cm³/mol. The number of rotatable bonds is 3. The Kier molecular flexibility index (Phi) is 4.60. The third-order valence-corrected chi connectivity index (χ3v) is 7.16. The molecule has 7 nitrogen and oxygen atoms in total. The van der Waals surface area contributed by atoms with Gasteiger partial charge >= 0.3 is 0 Å². The monoisotopic (exact) mass is 378 g/mol. The molecule has 0 amide bonds. The minimum atomic E-state index is -3.45. The van der Waals surface area contributed by atoms with Gasteiger partial charge < -0.3 is 9.64 Å². The summed E-state index contributed by atoms with van der Waals surface area (Å²) >= 11 is 0. The fourth-order valence-corrected chi connectivity index (χ4v) is 4.06. The van der Waals surface area contributed by atoms with E-state index in [1.165, 1.54) is 0 Å². The highest BCUT2D eigenvalue weighted by molar-refractivity contribution is 7.92. The largest absolute Gasteiger partial charge is 0.367 e. The van der Waals surface area contributed by atoms with E-state index in [2.05, 4.69) is 15.0 Å². The average Bonchev–Trinajstić information content (AvgIpc) is 3.01. The van der Waals surface area contributed by atoms with Crippen LogP contribution < -0.4 is 4.90 Å². The molecular weight excluding hydrogens is 352 g/mol. The van der Waals surface area contributed by atoms with Crippen molar-refractivity contribution in [3.05, 3.63) is 36.3 Å². The fraction of sp³-hybridized carbons (Fsp3) is 0.556. The summed E-state index contributed by atoms with van der Waals surface area (Å²) in [5.41, 5.74) is 1.43. The number of hydrogen-bond acceptors (Lipinski definition) is 6.